The van der Waals surface area contributed by atoms with Gasteiger partial charge < -0.3 is 5.73 Å². The second kappa shape index (κ2) is 3.21. The van der Waals surface area contributed by atoms with Crippen molar-refractivity contribution in [2.24, 2.45) is 5.41 Å². The Labute approximate surface area is 88.3 Å². The third kappa shape index (κ3) is 2.13. The normalized spacial score (nSPS) is 19.0. The Balaban J connectivity index is 2.10. The van der Waals surface area contributed by atoms with Gasteiger partial charge in [-0.15, -0.1) is 0 Å². The first-order chi connectivity index (χ1) is 6.93. The van der Waals surface area contributed by atoms with Gasteiger partial charge in [-0.05, 0) is 18.3 Å². The van der Waals surface area contributed by atoms with Crippen LogP contribution in [0.25, 0.3) is 0 Å². The fourth-order valence-electron chi connectivity index (χ4n) is 1.24. The molecule has 1 fully saturated rings. The van der Waals surface area contributed by atoms with Crippen LogP contribution in [0.1, 0.15) is 19.8 Å². The van der Waals surface area contributed by atoms with Gasteiger partial charge >= 0.3 is 0 Å². The zero-order chi connectivity index (χ0) is 11.1. The molecule has 1 aromatic heterocycles. The highest BCUT2D eigenvalue weighted by Crippen LogP contribution is 2.44. The summed E-state index contributed by atoms with van der Waals surface area (Å²) in [5, 5.41) is 5.98. The predicted molar refractivity (Wildman–Crippen MR) is 55.5 cm³/mol. The number of nitrogens with two attached hydrogens (primary N) is 1. The van der Waals surface area contributed by atoms with Crippen LogP contribution in [0, 0.1) is 5.41 Å². The summed E-state index contributed by atoms with van der Waals surface area (Å²) in [4.78, 5) is 0.0201. The summed E-state index contributed by atoms with van der Waals surface area (Å²) in [6, 6.07) is 0. The molecule has 2 rings (SSSR count). The monoisotopic (exact) mass is 230 g/mol. The summed E-state index contributed by atoms with van der Waals surface area (Å²) in [5.74, 6) is 0.0726. The SMILES string of the molecule is CC1(CNS(=O)(=O)c2cn[nH]c2N)CC1. The minimum absolute atomic E-state index is 0.0201. The van der Waals surface area contributed by atoms with Crippen LogP contribution < -0.4 is 10.5 Å². The molecule has 1 aliphatic rings. The number of anilines is 1. The first-order valence-corrected chi connectivity index (χ1v) is 6.20. The van der Waals surface area contributed by atoms with Gasteiger partial charge in [-0.2, -0.15) is 5.10 Å². The van der Waals surface area contributed by atoms with Gasteiger partial charge in [-0.3, -0.25) is 5.10 Å². The molecule has 0 atom stereocenters. The van der Waals surface area contributed by atoms with Crippen LogP contribution in [-0.4, -0.2) is 25.2 Å². The van der Waals surface area contributed by atoms with E-state index >= 15 is 0 Å². The number of nitrogens with one attached hydrogen (secondary N) is 2. The van der Waals surface area contributed by atoms with Crippen molar-refractivity contribution in [3.8, 4) is 0 Å². The number of aromatic nitrogens is 2. The Morgan fingerprint density at radius 1 is 1.67 bits per heavy atom. The lowest BCUT2D eigenvalue weighted by atomic mass is 10.2. The van der Waals surface area contributed by atoms with Crippen molar-refractivity contribution in [1.82, 2.24) is 14.9 Å². The smallest absolute Gasteiger partial charge is 0.245 e. The summed E-state index contributed by atoms with van der Waals surface area (Å²) in [6.45, 7) is 2.51. The number of hydrogen-bond donors (Lipinski definition) is 3. The third-order valence-electron chi connectivity index (χ3n) is 2.71. The molecule has 0 amide bonds. The van der Waals surface area contributed by atoms with Crippen molar-refractivity contribution < 1.29 is 8.42 Å². The van der Waals surface area contributed by atoms with E-state index in [2.05, 4.69) is 14.9 Å². The molecule has 84 valence electrons. The average Bonchev–Trinajstić information content (AvgIpc) is 2.72. The summed E-state index contributed by atoms with van der Waals surface area (Å²) < 4.78 is 26.0. The number of nitrogen functional groups attached to an aromatic ring is 1. The molecule has 15 heavy (non-hydrogen) atoms. The van der Waals surface area contributed by atoms with Crippen LogP contribution in [0.15, 0.2) is 11.1 Å². The van der Waals surface area contributed by atoms with Gasteiger partial charge in [0.15, 0.2) is 0 Å². The molecule has 7 heteroatoms. The maximum atomic E-state index is 11.7. The molecule has 0 aliphatic heterocycles. The van der Waals surface area contributed by atoms with E-state index in [1.807, 2.05) is 6.92 Å². The molecule has 1 aromatic rings. The molecule has 0 radical (unpaired) electrons. The maximum Gasteiger partial charge on any atom is 0.245 e. The van der Waals surface area contributed by atoms with Crippen LogP contribution in [0.5, 0.6) is 0 Å². The van der Waals surface area contributed by atoms with Gasteiger partial charge in [0.2, 0.25) is 10.0 Å². The van der Waals surface area contributed by atoms with E-state index in [-0.39, 0.29) is 16.1 Å². The molecular formula is C8H14N4O2S. The molecular weight excluding hydrogens is 216 g/mol. The Morgan fingerprint density at radius 2 is 2.33 bits per heavy atom. The quantitative estimate of drug-likeness (QED) is 0.681. The Morgan fingerprint density at radius 3 is 2.80 bits per heavy atom. The number of hydrogen-bond acceptors (Lipinski definition) is 4. The number of nitrogens with zero attached hydrogens (tertiary/aromatic N) is 1. The van der Waals surface area contributed by atoms with Gasteiger partial charge in [-0.25, -0.2) is 13.1 Å². The molecule has 1 heterocycles. The highest BCUT2D eigenvalue weighted by Gasteiger charge is 2.38. The van der Waals surface area contributed by atoms with Crippen LogP contribution in [0.3, 0.4) is 0 Å². The van der Waals surface area contributed by atoms with Crippen LogP contribution in [-0.2, 0) is 10.0 Å². The van der Waals surface area contributed by atoms with Gasteiger partial charge in [0.1, 0.15) is 10.7 Å². The van der Waals surface area contributed by atoms with Crippen LogP contribution in [0.2, 0.25) is 0 Å². The zero-order valence-electron chi connectivity index (χ0n) is 8.45. The van der Waals surface area contributed by atoms with Gasteiger partial charge in [0, 0.05) is 6.54 Å². The lowest BCUT2D eigenvalue weighted by molar-refractivity contribution is 0.530. The number of H-pyrrole nitrogens is 1. The Hall–Kier alpha value is -1.08. The van der Waals surface area contributed by atoms with Crippen LogP contribution >= 0.6 is 0 Å². The number of sulfonamides is 1. The molecule has 1 saturated carbocycles. The molecule has 0 bridgehead atoms. The first kappa shape index (κ1) is 10.4. The van der Waals surface area contributed by atoms with E-state index in [4.69, 9.17) is 5.73 Å². The van der Waals surface area contributed by atoms with Crippen molar-refractivity contribution in [3.05, 3.63) is 6.20 Å². The Bertz CT molecular complexity index is 461. The van der Waals surface area contributed by atoms with E-state index in [9.17, 15) is 8.42 Å². The van der Waals surface area contributed by atoms with Gasteiger partial charge in [0.25, 0.3) is 0 Å². The number of aromatic amines is 1. The average molecular weight is 230 g/mol. The van der Waals surface area contributed by atoms with E-state index in [1.165, 1.54) is 6.20 Å². The summed E-state index contributed by atoms with van der Waals surface area (Å²) in [6.07, 6.45) is 3.35. The van der Waals surface area contributed by atoms with Crippen molar-refractivity contribution in [2.75, 3.05) is 12.3 Å². The van der Waals surface area contributed by atoms with Gasteiger partial charge in [-0.1, -0.05) is 6.92 Å². The maximum absolute atomic E-state index is 11.7. The molecule has 4 N–H and O–H groups in total. The van der Waals surface area contributed by atoms with E-state index in [0.29, 0.717) is 6.54 Å². The predicted octanol–water partition coefficient (Wildman–Crippen LogP) is 0.0703. The van der Waals surface area contributed by atoms with Crippen LogP contribution in [0.4, 0.5) is 5.82 Å². The second-order valence-corrected chi connectivity index (χ2v) is 6.02. The zero-order valence-corrected chi connectivity index (χ0v) is 9.26. The second-order valence-electron chi connectivity index (χ2n) is 4.28. The Kier molecular flexibility index (Phi) is 2.23. The minimum Gasteiger partial charge on any atom is -0.383 e. The molecule has 6 nitrogen and oxygen atoms in total. The lowest BCUT2D eigenvalue weighted by Gasteiger charge is -2.09. The lowest BCUT2D eigenvalue weighted by Crippen LogP contribution is -2.29. The van der Waals surface area contributed by atoms with Crippen molar-refractivity contribution >= 4 is 15.8 Å². The van der Waals surface area contributed by atoms with E-state index in [1.54, 1.807) is 0 Å². The molecule has 0 unspecified atom stereocenters. The molecule has 1 aliphatic carbocycles. The van der Waals surface area contributed by atoms with E-state index in [0.717, 1.165) is 12.8 Å². The topological polar surface area (TPSA) is 101 Å². The molecule has 0 aromatic carbocycles. The van der Waals surface area contributed by atoms with Crippen molar-refractivity contribution in [1.29, 1.82) is 0 Å². The van der Waals surface area contributed by atoms with Crippen molar-refractivity contribution in [3.63, 3.8) is 0 Å². The fraction of sp³-hybridized carbons (Fsp3) is 0.625. The third-order valence-corrected chi connectivity index (χ3v) is 4.14. The first-order valence-electron chi connectivity index (χ1n) is 4.71. The standard InChI is InChI=1S/C8H14N4O2S/c1-8(2-3-8)5-11-15(13,14)6-4-10-12-7(6)9/h4,11H,2-3,5H2,1H3,(H3,9,10,12). The van der Waals surface area contributed by atoms with Crippen molar-refractivity contribution in [2.45, 2.75) is 24.7 Å². The molecule has 0 spiro atoms. The fourth-order valence-corrected chi connectivity index (χ4v) is 2.46. The highest BCUT2D eigenvalue weighted by atomic mass is 32.2. The van der Waals surface area contributed by atoms with E-state index < -0.39 is 10.0 Å². The minimum atomic E-state index is -3.51. The largest absolute Gasteiger partial charge is 0.383 e. The highest BCUT2D eigenvalue weighted by molar-refractivity contribution is 7.89. The summed E-state index contributed by atoms with van der Waals surface area (Å²) in [5.41, 5.74) is 5.57. The van der Waals surface area contributed by atoms with Gasteiger partial charge in [0.05, 0.1) is 6.20 Å². The number of rotatable bonds is 4. The summed E-state index contributed by atoms with van der Waals surface area (Å²) in [7, 11) is -3.51. The summed E-state index contributed by atoms with van der Waals surface area (Å²) >= 11 is 0. The molecule has 0 saturated heterocycles.